The summed E-state index contributed by atoms with van der Waals surface area (Å²) in [5.41, 5.74) is 3.93. The van der Waals surface area contributed by atoms with Gasteiger partial charge in [0.1, 0.15) is 0 Å². The number of fused-ring (bicyclic) bond motifs is 2. The Morgan fingerprint density at radius 2 is 0.708 bits per heavy atom. The molecule has 48 heavy (non-hydrogen) atoms. The van der Waals surface area contributed by atoms with Gasteiger partial charge in [0.05, 0.1) is 0 Å². The summed E-state index contributed by atoms with van der Waals surface area (Å²) in [6, 6.07) is 1.49. The Morgan fingerprint density at radius 1 is 0.417 bits per heavy atom. The fourth-order valence-corrected chi connectivity index (χ4v) is 12.8. The minimum Gasteiger partial charge on any atom is -0.299 e. The molecule has 0 aromatic carbocycles. The van der Waals surface area contributed by atoms with Gasteiger partial charge in [-0.2, -0.15) is 0 Å². The molecule has 1 heteroatoms. The van der Waals surface area contributed by atoms with Crippen molar-refractivity contribution in [3.05, 3.63) is 35.5 Å². The summed E-state index contributed by atoms with van der Waals surface area (Å²) in [6.45, 7) is 10.0. The topological polar surface area (TPSA) is 3.24 Å². The lowest BCUT2D eigenvalue weighted by atomic mass is 9.68. The van der Waals surface area contributed by atoms with Crippen molar-refractivity contribution in [2.24, 2.45) is 71.0 Å². The van der Waals surface area contributed by atoms with E-state index in [1.54, 1.807) is 0 Å². The van der Waals surface area contributed by atoms with Crippen LogP contribution in [0, 0.1) is 71.0 Å². The van der Waals surface area contributed by atoms with Gasteiger partial charge in [-0.15, -0.1) is 0 Å². The largest absolute Gasteiger partial charge is 0.299 e. The highest BCUT2D eigenvalue weighted by Crippen LogP contribution is 2.48. The molecule has 0 spiro atoms. The average molecular weight is 656 g/mol. The molecule has 6 aliphatic carbocycles. The highest BCUT2D eigenvalue weighted by Gasteiger charge is 2.42. The van der Waals surface area contributed by atoms with E-state index in [0.29, 0.717) is 0 Å². The minimum atomic E-state index is 0.743. The summed E-state index contributed by atoms with van der Waals surface area (Å²) in [5, 5.41) is 0. The van der Waals surface area contributed by atoms with Crippen LogP contribution in [-0.2, 0) is 0 Å². The van der Waals surface area contributed by atoms with Crippen LogP contribution in [0.4, 0.5) is 0 Å². The number of nitrogens with zero attached hydrogens (tertiary/aromatic N) is 1. The lowest BCUT2D eigenvalue weighted by Gasteiger charge is -2.46. The molecule has 0 bridgehead atoms. The Labute approximate surface area is 298 Å². The molecule has 0 amide bonds. The SMILES string of the molecule is CC1CCC(C(=CC2CCC3C=CC4CCC(C=C(C5CCC(C)CC5)C5CCC(C)CC5)CC4N(C)C3C2)C2CCC(C)CC2)CC1. The quantitative estimate of drug-likeness (QED) is 0.257. The second-order valence-electron chi connectivity index (χ2n) is 19.8. The fraction of sp³-hybridized carbons (Fsp3) is 0.872. The zero-order valence-electron chi connectivity index (χ0n) is 32.4. The van der Waals surface area contributed by atoms with E-state index in [0.717, 1.165) is 83.1 Å². The highest BCUT2D eigenvalue weighted by molar-refractivity contribution is 5.19. The predicted molar refractivity (Wildman–Crippen MR) is 207 cm³/mol. The van der Waals surface area contributed by atoms with Gasteiger partial charge in [-0.3, -0.25) is 4.90 Å². The van der Waals surface area contributed by atoms with Crippen LogP contribution in [-0.4, -0.2) is 24.0 Å². The second kappa shape index (κ2) is 16.2. The monoisotopic (exact) mass is 656 g/mol. The molecule has 0 aromatic rings. The summed E-state index contributed by atoms with van der Waals surface area (Å²) in [6.07, 6.45) is 43.4. The molecule has 6 saturated carbocycles. The van der Waals surface area contributed by atoms with Crippen molar-refractivity contribution in [1.29, 1.82) is 0 Å². The van der Waals surface area contributed by atoms with Crippen LogP contribution in [0.1, 0.15) is 169 Å². The van der Waals surface area contributed by atoms with Crippen LogP contribution in [0.2, 0.25) is 0 Å². The molecule has 0 radical (unpaired) electrons. The van der Waals surface area contributed by atoms with Crippen molar-refractivity contribution in [1.82, 2.24) is 4.90 Å². The third-order valence-electron chi connectivity index (χ3n) is 16.3. The Morgan fingerprint density at radius 3 is 1.00 bits per heavy atom. The van der Waals surface area contributed by atoms with Crippen LogP contribution >= 0.6 is 0 Å². The molecule has 1 aliphatic heterocycles. The summed E-state index contributed by atoms with van der Waals surface area (Å²) in [7, 11) is 2.58. The van der Waals surface area contributed by atoms with Crippen molar-refractivity contribution in [3.63, 3.8) is 0 Å². The van der Waals surface area contributed by atoms with E-state index >= 15 is 0 Å². The maximum absolute atomic E-state index is 2.99. The average Bonchev–Trinajstić information content (AvgIpc) is 3.24. The molecular formula is C47H77N. The van der Waals surface area contributed by atoms with Crippen LogP contribution < -0.4 is 0 Å². The van der Waals surface area contributed by atoms with E-state index in [2.05, 4.69) is 63.9 Å². The number of rotatable bonds is 6. The van der Waals surface area contributed by atoms with Gasteiger partial charge in [-0.05, 0) is 168 Å². The standard InChI is InChI=1S/C47H77N/c1-32-6-16-38(17-7-32)44(39-18-8-33(2)9-19-39)28-36-14-24-42-26-27-43-25-15-37(31-47(43)48(5)46(42)30-36)29-45(40-20-10-34(3)11-21-40)41-22-12-35(4)13-23-41/h26-29,32-43,46-47H,6-25,30-31H2,1-5H3. The van der Waals surface area contributed by atoms with Crippen molar-refractivity contribution in [3.8, 4) is 0 Å². The zero-order chi connectivity index (χ0) is 33.2. The first-order valence-corrected chi connectivity index (χ1v) is 22.1. The van der Waals surface area contributed by atoms with E-state index in [1.807, 2.05) is 11.1 Å². The molecule has 7 rings (SSSR count). The lowest BCUT2D eigenvalue weighted by Crippen LogP contribution is -2.49. The summed E-state index contributed by atoms with van der Waals surface area (Å²) in [5.74, 6) is 10.6. The number of allylic oxidation sites excluding steroid dienone is 4. The minimum absolute atomic E-state index is 0.743. The van der Waals surface area contributed by atoms with Crippen molar-refractivity contribution >= 4 is 0 Å². The van der Waals surface area contributed by atoms with E-state index in [4.69, 9.17) is 0 Å². The normalized spacial score (nSPS) is 45.7. The van der Waals surface area contributed by atoms with Gasteiger partial charge < -0.3 is 0 Å². The highest BCUT2D eigenvalue weighted by atomic mass is 15.2. The van der Waals surface area contributed by atoms with Crippen molar-refractivity contribution < 1.29 is 0 Å². The third-order valence-corrected chi connectivity index (χ3v) is 16.3. The van der Waals surface area contributed by atoms with Crippen LogP contribution in [0.25, 0.3) is 0 Å². The Bertz CT molecular complexity index is 962. The molecule has 0 aromatic heterocycles. The van der Waals surface area contributed by atoms with Crippen LogP contribution in [0.5, 0.6) is 0 Å². The van der Waals surface area contributed by atoms with E-state index < -0.39 is 0 Å². The Kier molecular flexibility index (Phi) is 12.0. The predicted octanol–water partition coefficient (Wildman–Crippen LogP) is 13.2. The smallest absolute Gasteiger partial charge is 0.0164 e. The summed E-state index contributed by atoms with van der Waals surface area (Å²) >= 11 is 0. The van der Waals surface area contributed by atoms with Crippen molar-refractivity contribution in [2.75, 3.05) is 7.05 Å². The molecule has 0 saturated heterocycles. The molecule has 1 nitrogen and oxygen atoms in total. The molecule has 0 N–H and O–H groups in total. The molecular weight excluding hydrogens is 579 g/mol. The molecule has 6 unspecified atom stereocenters. The van der Waals surface area contributed by atoms with Crippen LogP contribution in [0.3, 0.4) is 0 Å². The molecule has 6 atom stereocenters. The summed E-state index contributed by atoms with van der Waals surface area (Å²) in [4.78, 5) is 2.99. The first-order chi connectivity index (χ1) is 23.3. The van der Waals surface area contributed by atoms with Gasteiger partial charge in [0.15, 0.2) is 0 Å². The Hall–Kier alpha value is -0.820. The van der Waals surface area contributed by atoms with Gasteiger partial charge >= 0.3 is 0 Å². The van der Waals surface area contributed by atoms with Gasteiger partial charge in [0, 0.05) is 12.1 Å². The fourth-order valence-electron chi connectivity index (χ4n) is 12.8. The second-order valence-corrected chi connectivity index (χ2v) is 19.8. The van der Waals surface area contributed by atoms with E-state index in [-0.39, 0.29) is 0 Å². The summed E-state index contributed by atoms with van der Waals surface area (Å²) < 4.78 is 0. The van der Waals surface area contributed by atoms with Crippen molar-refractivity contribution in [2.45, 2.75) is 181 Å². The number of hydrogen-bond acceptors (Lipinski definition) is 1. The van der Waals surface area contributed by atoms with Gasteiger partial charge in [0.25, 0.3) is 0 Å². The third kappa shape index (κ3) is 8.45. The van der Waals surface area contributed by atoms with E-state index in [9.17, 15) is 0 Å². The number of hydrogen-bond donors (Lipinski definition) is 0. The zero-order valence-corrected chi connectivity index (χ0v) is 32.4. The first-order valence-electron chi connectivity index (χ1n) is 22.1. The molecule has 270 valence electrons. The maximum atomic E-state index is 2.99. The lowest BCUT2D eigenvalue weighted by molar-refractivity contribution is 0.0561. The molecule has 6 fully saturated rings. The van der Waals surface area contributed by atoms with E-state index in [1.165, 1.54) is 141 Å². The molecule has 1 heterocycles. The molecule has 7 aliphatic rings. The maximum Gasteiger partial charge on any atom is 0.0164 e. The van der Waals surface area contributed by atoms with Crippen LogP contribution in [0.15, 0.2) is 35.5 Å². The first kappa shape index (κ1) is 35.6. The van der Waals surface area contributed by atoms with Gasteiger partial charge in [0.2, 0.25) is 0 Å². The van der Waals surface area contributed by atoms with Gasteiger partial charge in [-0.25, -0.2) is 0 Å². The Balaban J connectivity index is 1.07. The van der Waals surface area contributed by atoms with Gasteiger partial charge in [-0.1, -0.05) is 115 Å².